The molecule has 0 spiro atoms. The molecule has 5 heteroatoms. The lowest BCUT2D eigenvalue weighted by atomic mass is 9.98. The Hall–Kier alpha value is -2.43. The lowest BCUT2D eigenvalue weighted by molar-refractivity contribution is -0.110. The Bertz CT molecular complexity index is 552. The van der Waals surface area contributed by atoms with Crippen molar-refractivity contribution in [3.63, 3.8) is 0 Å². The van der Waals surface area contributed by atoms with Crippen molar-refractivity contribution in [2.75, 3.05) is 0 Å². The molecule has 0 aromatic carbocycles. The molecule has 1 aliphatic rings. The zero-order chi connectivity index (χ0) is 13.1. The first kappa shape index (κ1) is 12.0. The van der Waals surface area contributed by atoms with E-state index in [1.165, 1.54) is 24.5 Å². The van der Waals surface area contributed by atoms with Crippen LogP contribution in [0.1, 0.15) is 24.4 Å². The predicted molar refractivity (Wildman–Crippen MR) is 64.1 cm³/mol. The first-order chi connectivity index (χ1) is 8.58. The minimum atomic E-state index is -0.676. The van der Waals surface area contributed by atoms with Gasteiger partial charge >= 0.3 is 5.97 Å². The van der Waals surface area contributed by atoms with Crippen LogP contribution in [0.2, 0.25) is 0 Å². The number of nitrogens with zero attached hydrogens (tertiary/aromatic N) is 1. The Morgan fingerprint density at radius 3 is 2.50 bits per heavy atom. The second-order valence-corrected chi connectivity index (χ2v) is 3.85. The van der Waals surface area contributed by atoms with Crippen LogP contribution < -0.4 is 0 Å². The molecule has 92 valence electrons. The molecular formula is C13H11NO4. The Morgan fingerprint density at radius 2 is 1.94 bits per heavy atom. The molecule has 0 amide bonds. The zero-order valence-corrected chi connectivity index (χ0v) is 9.97. The number of allylic oxidation sites excluding steroid dienone is 4. The molecule has 5 nitrogen and oxygen atoms in total. The third-order valence-corrected chi connectivity index (χ3v) is 2.41. The highest BCUT2D eigenvalue weighted by Crippen LogP contribution is 2.14. The fourth-order valence-corrected chi connectivity index (χ4v) is 1.59. The smallest absolute Gasteiger partial charge is 0.400 e. The molecule has 0 unspecified atom stereocenters. The van der Waals surface area contributed by atoms with Crippen LogP contribution >= 0.6 is 0 Å². The van der Waals surface area contributed by atoms with Gasteiger partial charge in [0.1, 0.15) is 5.71 Å². The molecule has 1 aromatic heterocycles. The monoisotopic (exact) mass is 245 g/mol. The molecule has 0 aliphatic heterocycles. The van der Waals surface area contributed by atoms with Crippen molar-refractivity contribution in [3.05, 3.63) is 47.5 Å². The topological polar surface area (TPSA) is 68.9 Å². The largest absolute Gasteiger partial charge is 0.457 e. The van der Waals surface area contributed by atoms with Gasteiger partial charge in [-0.2, -0.15) is 0 Å². The van der Waals surface area contributed by atoms with Gasteiger partial charge in [-0.05, 0) is 49.3 Å². The maximum atomic E-state index is 11.5. The van der Waals surface area contributed by atoms with Gasteiger partial charge in [0.25, 0.3) is 0 Å². The summed E-state index contributed by atoms with van der Waals surface area (Å²) in [6.07, 6.45) is 4.25. The number of oxime groups is 1. The van der Waals surface area contributed by atoms with E-state index in [1.807, 2.05) is 0 Å². The SMILES string of the molecule is CC1=CC(=O)C=C(C)C1=NOC(=O)c1ccco1. The van der Waals surface area contributed by atoms with Gasteiger partial charge in [-0.15, -0.1) is 0 Å². The Labute approximate surface area is 103 Å². The second-order valence-electron chi connectivity index (χ2n) is 3.85. The van der Waals surface area contributed by atoms with E-state index >= 15 is 0 Å². The van der Waals surface area contributed by atoms with E-state index in [1.54, 1.807) is 19.9 Å². The van der Waals surface area contributed by atoms with E-state index in [-0.39, 0.29) is 11.5 Å². The van der Waals surface area contributed by atoms with Crippen molar-refractivity contribution >= 4 is 17.5 Å². The van der Waals surface area contributed by atoms with E-state index in [0.29, 0.717) is 16.9 Å². The summed E-state index contributed by atoms with van der Waals surface area (Å²) < 4.78 is 4.88. The summed E-state index contributed by atoms with van der Waals surface area (Å²) in [5.41, 5.74) is 1.80. The molecule has 0 atom stereocenters. The first-order valence-electron chi connectivity index (χ1n) is 5.32. The van der Waals surface area contributed by atoms with Gasteiger partial charge in [-0.25, -0.2) is 4.79 Å². The van der Waals surface area contributed by atoms with Crippen LogP contribution in [0.4, 0.5) is 0 Å². The standard InChI is InChI=1S/C13H11NO4/c1-8-6-10(15)7-9(2)12(8)14-18-13(16)11-4-3-5-17-11/h3-7H,1-2H3. The summed E-state index contributed by atoms with van der Waals surface area (Å²) in [6.45, 7) is 3.46. The molecule has 1 aromatic rings. The predicted octanol–water partition coefficient (Wildman–Crippen LogP) is 2.27. The van der Waals surface area contributed by atoms with Crippen LogP contribution in [-0.2, 0) is 9.63 Å². The van der Waals surface area contributed by atoms with E-state index in [9.17, 15) is 9.59 Å². The number of hydrogen-bond acceptors (Lipinski definition) is 5. The van der Waals surface area contributed by atoms with Gasteiger partial charge in [0.2, 0.25) is 5.76 Å². The summed E-state index contributed by atoms with van der Waals surface area (Å²) in [6, 6.07) is 3.07. The van der Waals surface area contributed by atoms with Gasteiger partial charge in [0.05, 0.1) is 6.26 Å². The number of ketones is 1. The molecule has 0 fully saturated rings. The first-order valence-corrected chi connectivity index (χ1v) is 5.32. The number of carbonyl (C=O) groups excluding carboxylic acids is 2. The van der Waals surface area contributed by atoms with Crippen molar-refractivity contribution in [2.24, 2.45) is 5.16 Å². The molecule has 0 radical (unpaired) electrons. The lowest BCUT2D eigenvalue weighted by Crippen LogP contribution is -2.12. The molecule has 1 heterocycles. The van der Waals surface area contributed by atoms with Crippen molar-refractivity contribution in [3.8, 4) is 0 Å². The number of furan rings is 1. The summed E-state index contributed by atoms with van der Waals surface area (Å²) in [5, 5.41) is 3.75. The third kappa shape index (κ3) is 2.45. The van der Waals surface area contributed by atoms with Crippen molar-refractivity contribution in [1.82, 2.24) is 0 Å². The van der Waals surface area contributed by atoms with Crippen LogP contribution in [0.5, 0.6) is 0 Å². The highest BCUT2D eigenvalue weighted by atomic mass is 16.7. The van der Waals surface area contributed by atoms with Crippen LogP contribution in [0.15, 0.2) is 51.3 Å². The average molecular weight is 245 g/mol. The molecule has 1 aliphatic carbocycles. The van der Waals surface area contributed by atoms with E-state index in [0.717, 1.165) is 0 Å². The molecule has 0 saturated carbocycles. The molecular weight excluding hydrogens is 234 g/mol. The zero-order valence-electron chi connectivity index (χ0n) is 9.97. The Balaban J connectivity index is 2.15. The molecule has 18 heavy (non-hydrogen) atoms. The quantitative estimate of drug-likeness (QED) is 0.455. The Morgan fingerprint density at radius 1 is 1.28 bits per heavy atom. The van der Waals surface area contributed by atoms with E-state index < -0.39 is 5.97 Å². The Kier molecular flexibility index (Phi) is 3.23. The fourth-order valence-electron chi connectivity index (χ4n) is 1.59. The van der Waals surface area contributed by atoms with Gasteiger partial charge in [0, 0.05) is 0 Å². The maximum absolute atomic E-state index is 11.5. The number of carbonyl (C=O) groups is 2. The van der Waals surface area contributed by atoms with Crippen molar-refractivity contribution < 1.29 is 18.8 Å². The molecule has 0 saturated heterocycles. The second kappa shape index (κ2) is 4.83. The number of rotatable bonds is 2. The third-order valence-electron chi connectivity index (χ3n) is 2.41. The fraction of sp³-hybridized carbons (Fsp3) is 0.154. The molecule has 2 rings (SSSR count). The normalized spacial score (nSPS) is 15.0. The average Bonchev–Trinajstić information content (AvgIpc) is 2.80. The maximum Gasteiger partial charge on any atom is 0.400 e. The molecule has 0 N–H and O–H groups in total. The van der Waals surface area contributed by atoms with Crippen molar-refractivity contribution in [1.29, 1.82) is 0 Å². The van der Waals surface area contributed by atoms with Gasteiger partial charge < -0.3 is 9.25 Å². The van der Waals surface area contributed by atoms with Gasteiger partial charge in [0.15, 0.2) is 5.78 Å². The highest BCUT2D eigenvalue weighted by Gasteiger charge is 2.16. The van der Waals surface area contributed by atoms with Crippen LogP contribution in [0.3, 0.4) is 0 Å². The van der Waals surface area contributed by atoms with Crippen LogP contribution in [0.25, 0.3) is 0 Å². The van der Waals surface area contributed by atoms with Crippen LogP contribution in [0, 0.1) is 0 Å². The minimum absolute atomic E-state index is 0.0782. The van der Waals surface area contributed by atoms with Gasteiger partial charge in [-0.3, -0.25) is 4.79 Å². The molecule has 0 bridgehead atoms. The summed E-state index contributed by atoms with van der Waals surface area (Å²) in [5.74, 6) is -0.694. The van der Waals surface area contributed by atoms with Gasteiger partial charge in [-0.1, -0.05) is 5.16 Å². The summed E-state index contributed by atoms with van der Waals surface area (Å²) >= 11 is 0. The highest BCUT2D eigenvalue weighted by molar-refractivity contribution is 6.22. The number of hydrogen-bond donors (Lipinski definition) is 0. The lowest BCUT2D eigenvalue weighted by Gasteiger charge is -2.09. The summed E-state index contributed by atoms with van der Waals surface area (Å²) in [7, 11) is 0. The van der Waals surface area contributed by atoms with E-state index in [2.05, 4.69) is 5.16 Å². The van der Waals surface area contributed by atoms with Crippen LogP contribution in [-0.4, -0.2) is 17.5 Å². The van der Waals surface area contributed by atoms with E-state index in [4.69, 9.17) is 9.25 Å². The minimum Gasteiger partial charge on any atom is -0.457 e. The summed E-state index contributed by atoms with van der Waals surface area (Å²) in [4.78, 5) is 27.5. The van der Waals surface area contributed by atoms with Crippen molar-refractivity contribution in [2.45, 2.75) is 13.8 Å².